The summed E-state index contributed by atoms with van der Waals surface area (Å²) in [6.45, 7) is 11.6. The van der Waals surface area contributed by atoms with Gasteiger partial charge in [0.25, 0.3) is 5.91 Å². The van der Waals surface area contributed by atoms with Crippen LogP contribution in [-0.4, -0.2) is 30.3 Å². The summed E-state index contributed by atoms with van der Waals surface area (Å²) < 4.78 is 60.0. The third-order valence-electron chi connectivity index (χ3n) is 8.47. The van der Waals surface area contributed by atoms with Gasteiger partial charge < -0.3 is 10.1 Å². The van der Waals surface area contributed by atoms with E-state index in [0.717, 1.165) is 18.6 Å². The number of hydrogen-bond acceptors (Lipinski definition) is 4. The Morgan fingerprint density at radius 1 is 0.909 bits per heavy atom. The number of benzene rings is 3. The van der Waals surface area contributed by atoms with Gasteiger partial charge in [-0.25, -0.2) is 4.39 Å². The second kappa shape index (κ2) is 13.3. The summed E-state index contributed by atoms with van der Waals surface area (Å²) in [6, 6.07) is 16.0. The molecule has 238 valence electrons. The standard InChI is InChI=1S/C35H41F4NO3S/c1-8-19-40-30(41)27-12-10-9-11-25(27)28-20-24(36)17-18-26(28)29(22-13-15-23(16-14-22)35(37,38)39)32(2,3)21-34(6,31(42)43-7)33(4,5)44/h9-18,20,29,44H,8,19,21H2,1-7H3,(H,40,41). The van der Waals surface area contributed by atoms with Gasteiger partial charge in [-0.2, -0.15) is 25.8 Å². The van der Waals surface area contributed by atoms with Crippen molar-refractivity contribution in [2.75, 3.05) is 13.7 Å². The molecule has 0 spiro atoms. The van der Waals surface area contributed by atoms with Crippen molar-refractivity contribution in [3.05, 3.63) is 94.8 Å². The molecule has 3 rings (SSSR count). The average Bonchev–Trinajstić information content (AvgIpc) is 2.95. The van der Waals surface area contributed by atoms with Crippen LogP contribution in [-0.2, 0) is 15.7 Å². The Kier molecular flexibility index (Phi) is 10.7. The lowest BCUT2D eigenvalue weighted by Gasteiger charge is -2.46. The number of halogens is 4. The van der Waals surface area contributed by atoms with Crippen LogP contribution in [0, 0.1) is 16.6 Å². The number of hydrogen-bond donors (Lipinski definition) is 2. The van der Waals surface area contributed by atoms with E-state index in [1.165, 1.54) is 31.4 Å². The lowest BCUT2D eigenvalue weighted by Crippen LogP contribution is -2.48. The number of rotatable bonds is 11. The van der Waals surface area contributed by atoms with Gasteiger partial charge in [0.2, 0.25) is 0 Å². The van der Waals surface area contributed by atoms with Crippen LogP contribution in [0.4, 0.5) is 17.6 Å². The van der Waals surface area contributed by atoms with Crippen LogP contribution in [0.3, 0.4) is 0 Å². The topological polar surface area (TPSA) is 55.4 Å². The highest BCUT2D eigenvalue weighted by atomic mass is 32.1. The number of thiol groups is 1. The second-order valence-electron chi connectivity index (χ2n) is 12.6. The molecule has 0 radical (unpaired) electrons. The van der Waals surface area contributed by atoms with Gasteiger partial charge in [0.05, 0.1) is 18.1 Å². The van der Waals surface area contributed by atoms with Gasteiger partial charge >= 0.3 is 12.1 Å². The van der Waals surface area contributed by atoms with Gasteiger partial charge in [-0.3, -0.25) is 9.59 Å². The van der Waals surface area contributed by atoms with E-state index in [1.807, 2.05) is 34.6 Å². The molecule has 0 saturated carbocycles. The van der Waals surface area contributed by atoms with E-state index in [4.69, 9.17) is 17.4 Å². The van der Waals surface area contributed by atoms with Gasteiger partial charge in [0, 0.05) is 22.8 Å². The SMILES string of the molecule is CCCNC(=O)c1ccccc1-c1cc(F)ccc1C(c1ccc(C(F)(F)F)cc1)C(C)(C)CC(C)(C(=O)OC)C(C)(C)S. The van der Waals surface area contributed by atoms with Crippen molar-refractivity contribution < 1.29 is 31.9 Å². The molecular weight excluding hydrogens is 590 g/mol. The zero-order valence-corrected chi connectivity index (χ0v) is 27.1. The van der Waals surface area contributed by atoms with Crippen molar-refractivity contribution in [3.8, 4) is 11.1 Å². The number of carbonyl (C=O) groups excluding carboxylic acids is 2. The van der Waals surface area contributed by atoms with Crippen LogP contribution in [0.1, 0.15) is 87.4 Å². The highest BCUT2D eigenvalue weighted by Crippen LogP contribution is 2.54. The molecule has 0 heterocycles. The molecule has 1 N–H and O–H groups in total. The molecule has 4 nitrogen and oxygen atoms in total. The molecule has 44 heavy (non-hydrogen) atoms. The summed E-state index contributed by atoms with van der Waals surface area (Å²) in [6.07, 6.45) is -3.59. The molecule has 3 aromatic carbocycles. The minimum atomic E-state index is -4.53. The monoisotopic (exact) mass is 631 g/mol. The van der Waals surface area contributed by atoms with E-state index >= 15 is 0 Å². The minimum absolute atomic E-state index is 0.213. The molecule has 0 fully saturated rings. The highest BCUT2D eigenvalue weighted by molar-refractivity contribution is 7.81. The average molecular weight is 632 g/mol. The summed E-state index contributed by atoms with van der Waals surface area (Å²) in [4.78, 5) is 26.5. The molecule has 0 saturated heterocycles. The number of esters is 1. The molecule has 0 bridgehead atoms. The van der Waals surface area contributed by atoms with Crippen molar-refractivity contribution >= 4 is 24.5 Å². The minimum Gasteiger partial charge on any atom is -0.469 e. The molecule has 0 aliphatic rings. The molecule has 0 aliphatic heterocycles. The smallest absolute Gasteiger partial charge is 0.416 e. The summed E-state index contributed by atoms with van der Waals surface area (Å²) in [5.74, 6) is -1.98. The Labute approximate surface area is 263 Å². The van der Waals surface area contributed by atoms with Gasteiger partial charge in [0.15, 0.2) is 0 Å². The molecular formula is C35H41F4NO3S. The number of amides is 1. The fraction of sp³-hybridized carbons (Fsp3) is 0.429. The van der Waals surface area contributed by atoms with Crippen molar-refractivity contribution in [1.29, 1.82) is 0 Å². The van der Waals surface area contributed by atoms with Crippen LogP contribution in [0.2, 0.25) is 0 Å². The van der Waals surface area contributed by atoms with Crippen molar-refractivity contribution in [3.63, 3.8) is 0 Å². The number of methoxy groups -OCH3 is 1. The summed E-state index contributed by atoms with van der Waals surface area (Å²) in [7, 11) is 1.30. The molecule has 9 heteroatoms. The predicted molar refractivity (Wildman–Crippen MR) is 169 cm³/mol. The maximum Gasteiger partial charge on any atom is 0.416 e. The summed E-state index contributed by atoms with van der Waals surface area (Å²) in [5, 5.41) is 2.87. The van der Waals surface area contributed by atoms with Crippen LogP contribution in [0.15, 0.2) is 66.7 Å². The Morgan fingerprint density at radius 2 is 1.52 bits per heavy atom. The molecule has 3 aromatic rings. The first kappa shape index (κ1) is 35.2. The van der Waals surface area contributed by atoms with Gasteiger partial charge in [0.1, 0.15) is 5.82 Å². The number of carbonyl (C=O) groups is 2. The van der Waals surface area contributed by atoms with Gasteiger partial charge in [-0.1, -0.05) is 57.2 Å². The van der Waals surface area contributed by atoms with Crippen LogP contribution < -0.4 is 5.32 Å². The quantitative estimate of drug-likeness (QED) is 0.126. The molecule has 2 unspecified atom stereocenters. The van der Waals surface area contributed by atoms with Gasteiger partial charge in [-0.15, -0.1) is 0 Å². The first-order valence-corrected chi connectivity index (χ1v) is 15.0. The maximum absolute atomic E-state index is 15.0. The molecule has 1 amide bonds. The Bertz CT molecular complexity index is 1480. The third-order valence-corrected chi connectivity index (χ3v) is 8.97. The third kappa shape index (κ3) is 7.48. The number of nitrogens with one attached hydrogen (secondary N) is 1. The Morgan fingerprint density at radius 3 is 2.07 bits per heavy atom. The molecule has 2 atom stereocenters. The first-order chi connectivity index (χ1) is 20.4. The van der Waals surface area contributed by atoms with E-state index in [2.05, 4.69) is 5.32 Å². The number of alkyl halides is 3. The van der Waals surface area contributed by atoms with Crippen molar-refractivity contribution in [2.24, 2.45) is 10.8 Å². The van der Waals surface area contributed by atoms with Crippen molar-refractivity contribution in [2.45, 2.75) is 71.2 Å². The fourth-order valence-electron chi connectivity index (χ4n) is 5.96. The van der Waals surface area contributed by atoms with Crippen LogP contribution in [0.5, 0.6) is 0 Å². The zero-order valence-electron chi connectivity index (χ0n) is 26.2. The summed E-state index contributed by atoms with van der Waals surface area (Å²) >= 11 is 4.76. The Hall–Kier alpha value is -3.33. The van der Waals surface area contributed by atoms with Crippen molar-refractivity contribution in [1.82, 2.24) is 5.32 Å². The maximum atomic E-state index is 15.0. The lowest BCUT2D eigenvalue weighted by molar-refractivity contribution is -0.155. The van der Waals surface area contributed by atoms with E-state index in [-0.39, 0.29) is 12.3 Å². The predicted octanol–water partition coefficient (Wildman–Crippen LogP) is 9.09. The van der Waals surface area contributed by atoms with E-state index in [9.17, 15) is 27.2 Å². The van der Waals surface area contributed by atoms with Crippen LogP contribution >= 0.6 is 12.6 Å². The molecule has 0 aliphatic carbocycles. The molecule has 0 aromatic heterocycles. The largest absolute Gasteiger partial charge is 0.469 e. The van der Waals surface area contributed by atoms with E-state index in [1.54, 1.807) is 37.3 Å². The van der Waals surface area contributed by atoms with E-state index < -0.39 is 45.0 Å². The van der Waals surface area contributed by atoms with Crippen LogP contribution in [0.25, 0.3) is 11.1 Å². The van der Waals surface area contributed by atoms with E-state index in [0.29, 0.717) is 34.4 Å². The first-order valence-electron chi connectivity index (χ1n) is 14.5. The Balaban J connectivity index is 2.35. The summed E-state index contributed by atoms with van der Waals surface area (Å²) in [5.41, 5.74) is -0.392. The second-order valence-corrected chi connectivity index (χ2v) is 13.8. The zero-order chi connectivity index (χ0) is 33.1. The number of ether oxygens (including phenoxy) is 1. The fourth-order valence-corrected chi connectivity index (χ4v) is 6.13. The van der Waals surface area contributed by atoms with Gasteiger partial charge in [-0.05, 0) is 91.6 Å². The highest BCUT2D eigenvalue weighted by Gasteiger charge is 2.51. The normalized spacial score (nSPS) is 14.5. The lowest BCUT2D eigenvalue weighted by atomic mass is 9.60.